The number of anilines is 1. The number of fused-ring (bicyclic) bond motifs is 1. The Morgan fingerprint density at radius 1 is 1.35 bits per heavy atom. The maximum Gasteiger partial charge on any atom is 0.265 e. The maximum atomic E-state index is 12.3. The van der Waals surface area contributed by atoms with E-state index in [1.807, 2.05) is 0 Å². The number of hydrogen-bond acceptors (Lipinski definition) is 6. The number of hydrogen-bond donors (Lipinski definition) is 2. The summed E-state index contributed by atoms with van der Waals surface area (Å²) in [5.74, 6) is 0.132. The Morgan fingerprint density at radius 3 is 2.91 bits per heavy atom. The SMILES string of the molecule is CC1Oc2ccc(S(=O)(=O)NCC3COCCO3)cc2NC1=O. The Kier molecular flexibility index (Phi) is 4.53. The highest BCUT2D eigenvalue weighted by atomic mass is 32.2. The van der Waals surface area contributed by atoms with Crippen LogP contribution in [0.4, 0.5) is 5.69 Å². The molecular weight excluding hydrogens is 324 g/mol. The topological polar surface area (TPSA) is 103 Å². The molecule has 2 unspecified atom stereocenters. The number of sulfonamides is 1. The van der Waals surface area contributed by atoms with Crippen LogP contribution >= 0.6 is 0 Å². The molecular formula is C14H18N2O6S. The zero-order valence-electron chi connectivity index (χ0n) is 12.6. The van der Waals surface area contributed by atoms with Gasteiger partial charge >= 0.3 is 0 Å². The van der Waals surface area contributed by atoms with Crippen LogP contribution in [0.1, 0.15) is 6.92 Å². The minimum absolute atomic E-state index is 0.0476. The molecule has 0 radical (unpaired) electrons. The van der Waals surface area contributed by atoms with E-state index in [1.54, 1.807) is 6.92 Å². The lowest BCUT2D eigenvalue weighted by atomic mass is 10.2. The first-order chi connectivity index (χ1) is 11.0. The summed E-state index contributed by atoms with van der Waals surface area (Å²) in [6.45, 7) is 3.07. The number of ether oxygens (including phenoxy) is 3. The van der Waals surface area contributed by atoms with E-state index in [4.69, 9.17) is 14.2 Å². The van der Waals surface area contributed by atoms with Gasteiger partial charge in [-0.1, -0.05) is 0 Å². The van der Waals surface area contributed by atoms with E-state index in [0.717, 1.165) is 0 Å². The molecule has 1 amide bonds. The Labute approximate surface area is 134 Å². The summed E-state index contributed by atoms with van der Waals surface area (Å²) < 4.78 is 43.2. The van der Waals surface area contributed by atoms with Crippen LogP contribution in [0.15, 0.2) is 23.1 Å². The summed E-state index contributed by atoms with van der Waals surface area (Å²) >= 11 is 0. The Hall–Kier alpha value is -1.68. The van der Waals surface area contributed by atoms with Gasteiger partial charge in [-0.15, -0.1) is 0 Å². The molecule has 1 aromatic rings. The lowest BCUT2D eigenvalue weighted by molar-refractivity contribution is -0.122. The molecule has 0 aromatic heterocycles. The zero-order chi connectivity index (χ0) is 16.4. The van der Waals surface area contributed by atoms with Gasteiger partial charge in [0.1, 0.15) is 5.75 Å². The van der Waals surface area contributed by atoms with E-state index in [1.165, 1.54) is 18.2 Å². The number of amides is 1. The van der Waals surface area contributed by atoms with Crippen LogP contribution in [0.2, 0.25) is 0 Å². The average Bonchev–Trinajstić information content (AvgIpc) is 2.55. The molecule has 1 fully saturated rings. The number of benzene rings is 1. The predicted octanol–water partition coefficient (Wildman–Crippen LogP) is 0.0997. The van der Waals surface area contributed by atoms with Crippen molar-refractivity contribution in [3.8, 4) is 5.75 Å². The van der Waals surface area contributed by atoms with Crippen LogP contribution in [0.25, 0.3) is 0 Å². The van der Waals surface area contributed by atoms with Crippen molar-refractivity contribution in [3.05, 3.63) is 18.2 Å². The highest BCUT2D eigenvalue weighted by molar-refractivity contribution is 7.89. The molecule has 0 spiro atoms. The fraction of sp³-hybridized carbons (Fsp3) is 0.500. The quantitative estimate of drug-likeness (QED) is 0.804. The molecule has 0 aliphatic carbocycles. The second-order valence-electron chi connectivity index (χ2n) is 5.33. The molecule has 126 valence electrons. The van der Waals surface area contributed by atoms with Gasteiger partial charge in [-0.05, 0) is 25.1 Å². The Bertz CT molecular complexity index is 699. The van der Waals surface area contributed by atoms with E-state index in [0.29, 0.717) is 31.3 Å². The maximum absolute atomic E-state index is 12.3. The van der Waals surface area contributed by atoms with Gasteiger partial charge in [0.2, 0.25) is 10.0 Å². The van der Waals surface area contributed by atoms with E-state index >= 15 is 0 Å². The van der Waals surface area contributed by atoms with Crippen LogP contribution in [0.5, 0.6) is 5.75 Å². The van der Waals surface area contributed by atoms with Crippen LogP contribution in [-0.2, 0) is 24.3 Å². The van der Waals surface area contributed by atoms with Gasteiger partial charge in [0.25, 0.3) is 5.91 Å². The standard InChI is InChI=1S/C14H18N2O6S/c1-9-14(17)16-12-6-11(2-3-13(12)22-9)23(18,19)15-7-10-8-20-4-5-21-10/h2-3,6,9-10,15H,4-5,7-8H2,1H3,(H,16,17). The van der Waals surface area contributed by atoms with Crippen LogP contribution in [-0.4, -0.2) is 52.9 Å². The molecule has 2 aliphatic heterocycles. The molecule has 9 heteroatoms. The molecule has 0 bridgehead atoms. The second kappa shape index (κ2) is 6.44. The number of rotatable bonds is 4. The van der Waals surface area contributed by atoms with Crippen LogP contribution in [0, 0.1) is 0 Å². The molecule has 0 saturated carbocycles. The summed E-state index contributed by atoms with van der Waals surface area (Å²) in [5.41, 5.74) is 0.341. The minimum Gasteiger partial charge on any atom is -0.479 e. The molecule has 23 heavy (non-hydrogen) atoms. The van der Waals surface area contributed by atoms with Crippen molar-refractivity contribution in [1.29, 1.82) is 0 Å². The first-order valence-corrected chi connectivity index (χ1v) is 8.74. The highest BCUT2D eigenvalue weighted by Gasteiger charge is 2.26. The third-order valence-electron chi connectivity index (χ3n) is 3.58. The number of carbonyl (C=O) groups excluding carboxylic acids is 1. The van der Waals surface area contributed by atoms with Crippen molar-refractivity contribution < 1.29 is 27.4 Å². The molecule has 2 heterocycles. The summed E-state index contributed by atoms with van der Waals surface area (Å²) in [4.78, 5) is 11.7. The van der Waals surface area contributed by atoms with Crippen LogP contribution < -0.4 is 14.8 Å². The zero-order valence-corrected chi connectivity index (χ0v) is 13.4. The van der Waals surface area contributed by atoms with Crippen molar-refractivity contribution in [1.82, 2.24) is 4.72 Å². The minimum atomic E-state index is -3.72. The Balaban J connectivity index is 1.72. The molecule has 8 nitrogen and oxygen atoms in total. The van der Waals surface area contributed by atoms with Crippen molar-refractivity contribution in [2.45, 2.75) is 24.0 Å². The van der Waals surface area contributed by atoms with Crippen molar-refractivity contribution >= 4 is 21.6 Å². The van der Waals surface area contributed by atoms with E-state index < -0.39 is 16.1 Å². The Morgan fingerprint density at radius 2 is 2.17 bits per heavy atom. The van der Waals surface area contributed by atoms with Crippen molar-refractivity contribution in [2.75, 3.05) is 31.7 Å². The number of carbonyl (C=O) groups is 1. The summed E-state index contributed by atoms with van der Waals surface area (Å²) in [7, 11) is -3.72. The third kappa shape index (κ3) is 3.63. The normalized spacial score (nSPS) is 24.5. The molecule has 3 rings (SSSR count). The van der Waals surface area contributed by atoms with Crippen molar-refractivity contribution in [2.24, 2.45) is 0 Å². The first kappa shape index (κ1) is 16.2. The van der Waals surface area contributed by atoms with Gasteiger partial charge in [-0.3, -0.25) is 4.79 Å². The van der Waals surface area contributed by atoms with Gasteiger partial charge in [0, 0.05) is 6.54 Å². The van der Waals surface area contributed by atoms with Gasteiger partial charge < -0.3 is 19.5 Å². The van der Waals surface area contributed by atoms with Crippen LogP contribution in [0.3, 0.4) is 0 Å². The van der Waals surface area contributed by atoms with Gasteiger partial charge in [-0.2, -0.15) is 0 Å². The molecule has 1 aromatic carbocycles. The molecule has 2 aliphatic rings. The smallest absolute Gasteiger partial charge is 0.265 e. The number of nitrogens with one attached hydrogen (secondary N) is 2. The molecule has 2 atom stereocenters. The highest BCUT2D eigenvalue weighted by Crippen LogP contribution is 2.31. The second-order valence-corrected chi connectivity index (χ2v) is 7.09. The van der Waals surface area contributed by atoms with E-state index in [-0.39, 0.29) is 23.5 Å². The lowest BCUT2D eigenvalue weighted by Gasteiger charge is -2.24. The monoisotopic (exact) mass is 342 g/mol. The van der Waals surface area contributed by atoms with Gasteiger partial charge in [0.15, 0.2) is 6.10 Å². The molecule has 2 N–H and O–H groups in total. The summed E-state index contributed by atoms with van der Waals surface area (Å²) in [5, 5.41) is 2.63. The van der Waals surface area contributed by atoms with Crippen molar-refractivity contribution in [3.63, 3.8) is 0 Å². The average molecular weight is 342 g/mol. The lowest BCUT2D eigenvalue weighted by Crippen LogP contribution is -2.39. The predicted molar refractivity (Wildman–Crippen MR) is 80.9 cm³/mol. The van der Waals surface area contributed by atoms with E-state index in [9.17, 15) is 13.2 Å². The third-order valence-corrected chi connectivity index (χ3v) is 5.00. The van der Waals surface area contributed by atoms with Gasteiger partial charge in [-0.25, -0.2) is 13.1 Å². The largest absolute Gasteiger partial charge is 0.479 e. The molecule has 1 saturated heterocycles. The summed E-state index contributed by atoms with van der Waals surface area (Å²) in [6, 6.07) is 4.34. The first-order valence-electron chi connectivity index (χ1n) is 7.26. The van der Waals surface area contributed by atoms with E-state index in [2.05, 4.69) is 10.0 Å². The van der Waals surface area contributed by atoms with Gasteiger partial charge in [0.05, 0.1) is 36.5 Å². The fourth-order valence-corrected chi connectivity index (χ4v) is 3.39. The fourth-order valence-electron chi connectivity index (χ4n) is 2.30. The summed E-state index contributed by atoms with van der Waals surface area (Å²) in [6.07, 6.45) is -0.911.